The van der Waals surface area contributed by atoms with Crippen LogP contribution < -0.4 is 5.32 Å². The monoisotopic (exact) mass is 274 g/mol. The molecule has 0 spiro atoms. The highest BCUT2D eigenvalue weighted by Gasteiger charge is 2.22. The van der Waals surface area contributed by atoms with E-state index in [4.69, 9.17) is 10.2 Å². The van der Waals surface area contributed by atoms with Crippen LogP contribution in [0.3, 0.4) is 0 Å². The first-order chi connectivity index (χ1) is 7.00. The van der Waals surface area contributed by atoms with Gasteiger partial charge in [0, 0.05) is 10.7 Å². The molecule has 1 heterocycles. The van der Waals surface area contributed by atoms with Gasteiger partial charge in [-0.25, -0.2) is 4.98 Å². The zero-order valence-corrected chi connectivity index (χ0v) is 10.4. The number of hydrogen-bond donors (Lipinski definition) is 3. The molecular formula is C10H15BrN2O2. The third kappa shape index (κ3) is 3.15. The summed E-state index contributed by atoms with van der Waals surface area (Å²) in [5.74, 6) is 0.670. The zero-order chi connectivity index (χ0) is 11.5. The first-order valence-corrected chi connectivity index (χ1v) is 5.42. The SMILES string of the molecule is Cc1cc(Br)cnc1NC(C)(CO)CO. The van der Waals surface area contributed by atoms with Gasteiger partial charge in [0.15, 0.2) is 0 Å². The number of halogens is 1. The third-order valence-electron chi connectivity index (χ3n) is 2.16. The van der Waals surface area contributed by atoms with Gasteiger partial charge in [-0.1, -0.05) is 0 Å². The molecule has 84 valence electrons. The number of aliphatic hydroxyl groups is 2. The predicted molar refractivity (Wildman–Crippen MR) is 62.9 cm³/mol. The lowest BCUT2D eigenvalue weighted by molar-refractivity contribution is 0.147. The van der Waals surface area contributed by atoms with Gasteiger partial charge in [0.1, 0.15) is 5.82 Å². The number of nitrogens with zero attached hydrogens (tertiary/aromatic N) is 1. The molecule has 0 saturated carbocycles. The van der Waals surface area contributed by atoms with Crippen molar-refractivity contribution >= 4 is 21.7 Å². The Kier molecular flexibility index (Phi) is 4.07. The molecule has 1 aromatic rings. The molecule has 0 atom stereocenters. The largest absolute Gasteiger partial charge is 0.394 e. The maximum Gasteiger partial charge on any atom is 0.129 e. The highest BCUT2D eigenvalue weighted by atomic mass is 79.9. The van der Waals surface area contributed by atoms with Crippen molar-refractivity contribution in [2.24, 2.45) is 0 Å². The lowest BCUT2D eigenvalue weighted by atomic mass is 10.1. The number of anilines is 1. The summed E-state index contributed by atoms with van der Waals surface area (Å²) in [6.07, 6.45) is 1.67. The minimum atomic E-state index is -0.744. The van der Waals surface area contributed by atoms with E-state index in [0.717, 1.165) is 10.0 Å². The molecule has 15 heavy (non-hydrogen) atoms. The number of aromatic nitrogens is 1. The Morgan fingerprint density at radius 1 is 1.47 bits per heavy atom. The Balaban J connectivity index is 2.89. The van der Waals surface area contributed by atoms with Crippen LogP contribution in [0.1, 0.15) is 12.5 Å². The lowest BCUT2D eigenvalue weighted by Gasteiger charge is -2.27. The summed E-state index contributed by atoms with van der Waals surface area (Å²) in [6.45, 7) is 3.34. The number of aliphatic hydroxyl groups excluding tert-OH is 2. The van der Waals surface area contributed by atoms with Gasteiger partial charge in [0.05, 0.1) is 18.8 Å². The molecule has 0 saturated heterocycles. The average molecular weight is 275 g/mol. The second-order valence-corrected chi connectivity index (χ2v) is 4.74. The highest BCUT2D eigenvalue weighted by Crippen LogP contribution is 2.20. The van der Waals surface area contributed by atoms with Gasteiger partial charge in [-0.3, -0.25) is 0 Å². The van der Waals surface area contributed by atoms with E-state index in [1.165, 1.54) is 0 Å². The van der Waals surface area contributed by atoms with Crippen LogP contribution in [0, 0.1) is 6.92 Å². The van der Waals surface area contributed by atoms with Crippen LogP contribution in [0.4, 0.5) is 5.82 Å². The van der Waals surface area contributed by atoms with E-state index in [1.807, 2.05) is 13.0 Å². The van der Waals surface area contributed by atoms with Crippen molar-refractivity contribution in [3.8, 4) is 0 Å². The van der Waals surface area contributed by atoms with Crippen molar-refractivity contribution < 1.29 is 10.2 Å². The normalized spacial score (nSPS) is 11.5. The molecule has 0 radical (unpaired) electrons. The summed E-state index contributed by atoms with van der Waals surface area (Å²) in [6, 6.07) is 1.92. The molecule has 1 rings (SSSR count). The van der Waals surface area contributed by atoms with E-state index in [9.17, 15) is 0 Å². The molecule has 1 aromatic heterocycles. The molecule has 0 unspecified atom stereocenters. The van der Waals surface area contributed by atoms with E-state index < -0.39 is 5.54 Å². The number of pyridine rings is 1. The van der Waals surface area contributed by atoms with Crippen LogP contribution in [0.2, 0.25) is 0 Å². The van der Waals surface area contributed by atoms with Crippen molar-refractivity contribution in [3.05, 3.63) is 22.3 Å². The maximum absolute atomic E-state index is 9.13. The minimum absolute atomic E-state index is 0.152. The average Bonchev–Trinajstić information content (AvgIpc) is 2.22. The molecule has 0 aliphatic carbocycles. The third-order valence-corrected chi connectivity index (χ3v) is 2.60. The van der Waals surface area contributed by atoms with E-state index >= 15 is 0 Å². The van der Waals surface area contributed by atoms with Crippen molar-refractivity contribution in [2.75, 3.05) is 18.5 Å². The zero-order valence-electron chi connectivity index (χ0n) is 8.79. The van der Waals surface area contributed by atoms with Crippen LogP contribution >= 0.6 is 15.9 Å². The molecule has 0 bridgehead atoms. The molecule has 0 fully saturated rings. The van der Waals surface area contributed by atoms with Crippen LogP contribution in [-0.4, -0.2) is 33.9 Å². The molecule has 0 aliphatic rings. The summed E-state index contributed by atoms with van der Waals surface area (Å²) in [5.41, 5.74) is 0.212. The van der Waals surface area contributed by atoms with Crippen LogP contribution in [-0.2, 0) is 0 Å². The molecular weight excluding hydrogens is 260 g/mol. The van der Waals surface area contributed by atoms with E-state index in [-0.39, 0.29) is 13.2 Å². The summed E-state index contributed by atoms with van der Waals surface area (Å²) in [4.78, 5) is 4.18. The van der Waals surface area contributed by atoms with Gasteiger partial charge in [-0.05, 0) is 41.4 Å². The summed E-state index contributed by atoms with van der Waals surface area (Å²) >= 11 is 3.32. The van der Waals surface area contributed by atoms with E-state index in [0.29, 0.717) is 5.82 Å². The van der Waals surface area contributed by atoms with Gasteiger partial charge in [-0.15, -0.1) is 0 Å². The first kappa shape index (κ1) is 12.4. The standard InChI is InChI=1S/C10H15BrN2O2/c1-7-3-8(11)4-12-9(7)13-10(2,5-14)6-15/h3-4,14-15H,5-6H2,1-2H3,(H,12,13). The summed E-state index contributed by atoms with van der Waals surface area (Å²) < 4.78 is 0.903. The van der Waals surface area contributed by atoms with Crippen LogP contribution in [0.5, 0.6) is 0 Å². The fourth-order valence-corrected chi connectivity index (χ4v) is 1.53. The maximum atomic E-state index is 9.13. The Hall–Kier alpha value is -0.650. The molecule has 0 aromatic carbocycles. The fourth-order valence-electron chi connectivity index (χ4n) is 1.09. The van der Waals surface area contributed by atoms with Crippen molar-refractivity contribution in [1.29, 1.82) is 0 Å². The molecule has 0 amide bonds. The molecule has 0 aliphatic heterocycles. The highest BCUT2D eigenvalue weighted by molar-refractivity contribution is 9.10. The molecule has 3 N–H and O–H groups in total. The number of hydrogen-bond acceptors (Lipinski definition) is 4. The Morgan fingerprint density at radius 3 is 2.53 bits per heavy atom. The van der Waals surface area contributed by atoms with Crippen molar-refractivity contribution in [2.45, 2.75) is 19.4 Å². The van der Waals surface area contributed by atoms with Crippen LogP contribution in [0.25, 0.3) is 0 Å². The lowest BCUT2D eigenvalue weighted by Crippen LogP contribution is -2.43. The first-order valence-electron chi connectivity index (χ1n) is 4.63. The Labute approximate surface area is 97.5 Å². The van der Waals surface area contributed by atoms with Gasteiger partial charge >= 0.3 is 0 Å². The minimum Gasteiger partial charge on any atom is -0.394 e. The number of rotatable bonds is 4. The Morgan fingerprint density at radius 2 is 2.07 bits per heavy atom. The number of aryl methyl sites for hydroxylation is 1. The predicted octanol–water partition coefficient (Wildman–Crippen LogP) is 1.31. The topological polar surface area (TPSA) is 65.4 Å². The smallest absolute Gasteiger partial charge is 0.129 e. The van der Waals surface area contributed by atoms with Gasteiger partial charge < -0.3 is 15.5 Å². The molecule has 4 nitrogen and oxygen atoms in total. The quantitative estimate of drug-likeness (QED) is 0.775. The van der Waals surface area contributed by atoms with Crippen LogP contribution in [0.15, 0.2) is 16.7 Å². The summed E-state index contributed by atoms with van der Waals surface area (Å²) in [5, 5.41) is 21.3. The molecule has 5 heteroatoms. The van der Waals surface area contributed by atoms with E-state index in [1.54, 1.807) is 13.1 Å². The fraction of sp³-hybridized carbons (Fsp3) is 0.500. The van der Waals surface area contributed by atoms with Crippen molar-refractivity contribution in [1.82, 2.24) is 4.98 Å². The number of nitrogens with one attached hydrogen (secondary N) is 1. The van der Waals surface area contributed by atoms with Gasteiger partial charge in [-0.2, -0.15) is 0 Å². The van der Waals surface area contributed by atoms with Gasteiger partial charge in [0.2, 0.25) is 0 Å². The Bertz CT molecular complexity index is 340. The van der Waals surface area contributed by atoms with Crippen molar-refractivity contribution in [3.63, 3.8) is 0 Å². The second-order valence-electron chi connectivity index (χ2n) is 3.82. The summed E-state index contributed by atoms with van der Waals surface area (Å²) in [7, 11) is 0. The van der Waals surface area contributed by atoms with Gasteiger partial charge in [0.25, 0.3) is 0 Å². The second kappa shape index (κ2) is 4.92. The van der Waals surface area contributed by atoms with E-state index in [2.05, 4.69) is 26.2 Å².